The lowest BCUT2D eigenvalue weighted by molar-refractivity contribution is -0.141. The van der Waals surface area contributed by atoms with Crippen molar-refractivity contribution < 1.29 is 10.0 Å². The first-order chi connectivity index (χ1) is 9.58. The Morgan fingerprint density at radius 3 is 2.65 bits per heavy atom. The number of fused-ring (bicyclic) bond motifs is 1. The molecule has 0 spiro atoms. The average Bonchev–Trinajstić information content (AvgIpc) is 2.95. The highest BCUT2D eigenvalue weighted by molar-refractivity contribution is 6.06. The van der Waals surface area contributed by atoms with E-state index in [4.69, 9.17) is 10.9 Å². The molecule has 0 radical (unpaired) electrons. The van der Waals surface area contributed by atoms with Crippen LogP contribution >= 0.6 is 0 Å². The molecule has 114 valence electrons. The van der Waals surface area contributed by atoms with Gasteiger partial charge >= 0.3 is 0 Å². The summed E-state index contributed by atoms with van der Waals surface area (Å²) < 4.78 is 0. The highest BCUT2D eigenvalue weighted by atomic mass is 16.4. The lowest BCUT2D eigenvalue weighted by Crippen LogP contribution is -2.58. The molecule has 0 aromatic carbocycles. The molecule has 20 heavy (non-hydrogen) atoms. The van der Waals surface area contributed by atoms with Gasteiger partial charge in [-0.25, -0.2) is 0 Å². The van der Waals surface area contributed by atoms with Crippen molar-refractivity contribution in [3.63, 3.8) is 0 Å². The van der Waals surface area contributed by atoms with Crippen LogP contribution in [0.3, 0.4) is 0 Å². The van der Waals surface area contributed by atoms with E-state index in [1.807, 2.05) is 18.7 Å². The van der Waals surface area contributed by atoms with Gasteiger partial charge in [-0.2, -0.15) is 0 Å². The minimum atomic E-state index is -0.852. The lowest BCUT2D eigenvalue weighted by atomic mass is 9.79. The zero-order valence-corrected chi connectivity index (χ0v) is 12.5. The topological polar surface area (TPSA) is 82.2 Å². The maximum Gasteiger partial charge on any atom is 0.236 e. The number of carbonyl (C=O) groups excluding carboxylic acids is 1. The molecule has 2 saturated heterocycles. The molecule has 6 nitrogen and oxygen atoms in total. The van der Waals surface area contributed by atoms with E-state index in [-0.39, 0.29) is 11.7 Å². The van der Waals surface area contributed by atoms with E-state index in [9.17, 15) is 4.79 Å². The maximum atomic E-state index is 12.9. The number of hydrogen-bond donors (Lipinski definition) is 2. The SMILES string of the molecule is CCC(CC)(C(=O)N1CCN2CCCC2C1)C(N)=NO. The summed E-state index contributed by atoms with van der Waals surface area (Å²) in [4.78, 5) is 17.3. The first kappa shape index (κ1) is 15.1. The fraction of sp³-hybridized carbons (Fsp3) is 0.857. The number of amidine groups is 1. The van der Waals surface area contributed by atoms with E-state index >= 15 is 0 Å². The summed E-state index contributed by atoms with van der Waals surface area (Å²) >= 11 is 0. The number of hydrogen-bond acceptors (Lipinski definition) is 4. The predicted octanol–water partition coefficient (Wildman–Crippen LogP) is 0.846. The molecule has 2 aliphatic rings. The first-order valence-electron chi connectivity index (χ1n) is 7.60. The molecule has 2 aliphatic heterocycles. The molecule has 2 rings (SSSR count). The summed E-state index contributed by atoms with van der Waals surface area (Å²) in [5.74, 6) is 0.0608. The molecule has 0 bridgehead atoms. The monoisotopic (exact) mass is 282 g/mol. The third-order valence-electron chi connectivity index (χ3n) is 5.09. The van der Waals surface area contributed by atoms with Crippen molar-refractivity contribution in [3.8, 4) is 0 Å². The minimum absolute atomic E-state index is 0.0179. The molecule has 0 aromatic rings. The van der Waals surface area contributed by atoms with Crippen LogP contribution in [0.5, 0.6) is 0 Å². The quantitative estimate of drug-likeness (QED) is 0.346. The zero-order valence-electron chi connectivity index (χ0n) is 12.5. The van der Waals surface area contributed by atoms with E-state index in [1.54, 1.807) is 0 Å². The number of carbonyl (C=O) groups is 1. The second-order valence-electron chi connectivity index (χ2n) is 5.86. The average molecular weight is 282 g/mol. The van der Waals surface area contributed by atoms with Crippen molar-refractivity contribution in [1.82, 2.24) is 9.80 Å². The molecule has 1 atom stereocenters. The lowest BCUT2D eigenvalue weighted by Gasteiger charge is -2.42. The third kappa shape index (κ3) is 2.37. The van der Waals surface area contributed by atoms with Crippen LogP contribution in [0.15, 0.2) is 5.16 Å². The van der Waals surface area contributed by atoms with Crippen LogP contribution in [-0.2, 0) is 4.79 Å². The van der Waals surface area contributed by atoms with E-state index in [1.165, 1.54) is 12.8 Å². The van der Waals surface area contributed by atoms with Gasteiger partial charge in [0.05, 0.1) is 0 Å². The Bertz CT molecular complexity index is 393. The fourth-order valence-electron chi connectivity index (χ4n) is 3.60. The first-order valence-corrected chi connectivity index (χ1v) is 7.60. The van der Waals surface area contributed by atoms with E-state index < -0.39 is 5.41 Å². The van der Waals surface area contributed by atoms with Crippen LogP contribution in [0.1, 0.15) is 39.5 Å². The highest BCUT2D eigenvalue weighted by Crippen LogP contribution is 2.31. The van der Waals surface area contributed by atoms with Crippen LogP contribution < -0.4 is 5.73 Å². The van der Waals surface area contributed by atoms with Crippen LogP contribution in [0.2, 0.25) is 0 Å². The molecule has 1 amide bonds. The molecule has 0 aliphatic carbocycles. The Balaban J connectivity index is 2.16. The van der Waals surface area contributed by atoms with Crippen LogP contribution in [-0.4, -0.2) is 59.0 Å². The van der Waals surface area contributed by atoms with Crippen molar-refractivity contribution in [1.29, 1.82) is 0 Å². The molecule has 0 saturated carbocycles. The summed E-state index contributed by atoms with van der Waals surface area (Å²) in [7, 11) is 0. The second kappa shape index (κ2) is 5.99. The third-order valence-corrected chi connectivity index (χ3v) is 5.09. The van der Waals surface area contributed by atoms with Crippen LogP contribution in [0, 0.1) is 5.41 Å². The Hall–Kier alpha value is -1.30. The summed E-state index contributed by atoms with van der Waals surface area (Å²) in [5.41, 5.74) is 4.98. The normalized spacial score (nSPS) is 24.8. The van der Waals surface area contributed by atoms with Gasteiger partial charge in [0, 0.05) is 25.7 Å². The van der Waals surface area contributed by atoms with Gasteiger partial charge in [-0.1, -0.05) is 19.0 Å². The predicted molar refractivity (Wildman–Crippen MR) is 77.6 cm³/mol. The van der Waals surface area contributed by atoms with E-state index in [2.05, 4.69) is 10.1 Å². The van der Waals surface area contributed by atoms with Gasteiger partial charge in [-0.05, 0) is 32.2 Å². The number of nitrogens with zero attached hydrogens (tertiary/aromatic N) is 3. The molecule has 6 heteroatoms. The number of nitrogens with two attached hydrogens (primary N) is 1. The molecule has 3 N–H and O–H groups in total. The molecule has 1 unspecified atom stereocenters. The van der Waals surface area contributed by atoms with Crippen LogP contribution in [0.25, 0.3) is 0 Å². The van der Waals surface area contributed by atoms with Crippen molar-refractivity contribution >= 4 is 11.7 Å². The molecular weight excluding hydrogens is 256 g/mol. The van der Waals surface area contributed by atoms with Crippen molar-refractivity contribution in [2.75, 3.05) is 26.2 Å². The van der Waals surface area contributed by atoms with Crippen molar-refractivity contribution in [3.05, 3.63) is 0 Å². The summed E-state index contributed by atoms with van der Waals surface area (Å²) in [5, 5.41) is 12.1. The van der Waals surface area contributed by atoms with Gasteiger partial charge in [-0.15, -0.1) is 0 Å². The fourth-order valence-corrected chi connectivity index (χ4v) is 3.60. The number of piperazine rings is 1. The number of oxime groups is 1. The van der Waals surface area contributed by atoms with Gasteiger partial charge in [0.2, 0.25) is 5.91 Å². The van der Waals surface area contributed by atoms with E-state index in [0.717, 1.165) is 26.2 Å². The van der Waals surface area contributed by atoms with Crippen LogP contribution in [0.4, 0.5) is 0 Å². The van der Waals surface area contributed by atoms with Crippen molar-refractivity contribution in [2.45, 2.75) is 45.6 Å². The minimum Gasteiger partial charge on any atom is -0.409 e. The molecule has 0 aromatic heterocycles. The number of amides is 1. The van der Waals surface area contributed by atoms with Gasteiger partial charge < -0.3 is 15.8 Å². The smallest absolute Gasteiger partial charge is 0.236 e. The summed E-state index contributed by atoms with van der Waals surface area (Å²) in [6, 6.07) is 0.492. The Kier molecular flexibility index (Phi) is 4.52. The van der Waals surface area contributed by atoms with Gasteiger partial charge in [-0.3, -0.25) is 9.69 Å². The van der Waals surface area contributed by atoms with E-state index in [0.29, 0.717) is 18.9 Å². The zero-order chi connectivity index (χ0) is 14.8. The maximum absolute atomic E-state index is 12.9. The summed E-state index contributed by atoms with van der Waals surface area (Å²) in [6.07, 6.45) is 3.50. The standard InChI is InChI=1S/C14H26N4O2/c1-3-14(4-2,12(15)16-20)13(19)18-9-8-17-7-5-6-11(17)10-18/h11,20H,3-10H2,1-2H3,(H2,15,16). The Morgan fingerprint density at radius 1 is 1.35 bits per heavy atom. The largest absolute Gasteiger partial charge is 0.409 e. The molecular formula is C14H26N4O2. The Labute approximate surface area is 120 Å². The van der Waals surface area contributed by atoms with Gasteiger partial charge in [0.25, 0.3) is 0 Å². The van der Waals surface area contributed by atoms with Crippen molar-refractivity contribution in [2.24, 2.45) is 16.3 Å². The number of rotatable bonds is 4. The highest BCUT2D eigenvalue weighted by Gasteiger charge is 2.44. The van der Waals surface area contributed by atoms with Gasteiger partial charge in [0.1, 0.15) is 5.41 Å². The van der Waals surface area contributed by atoms with Gasteiger partial charge in [0.15, 0.2) is 5.84 Å². The molecule has 2 fully saturated rings. The second-order valence-corrected chi connectivity index (χ2v) is 5.86. The summed E-state index contributed by atoms with van der Waals surface area (Å²) in [6.45, 7) is 7.46. The Morgan fingerprint density at radius 2 is 2.05 bits per heavy atom. The molecule has 2 heterocycles.